The molecule has 1 aromatic heterocycles. The van der Waals surface area contributed by atoms with Crippen molar-refractivity contribution in [3.8, 4) is 5.75 Å². The number of aryl methyl sites for hydroxylation is 2. The second kappa shape index (κ2) is 9.67. The summed E-state index contributed by atoms with van der Waals surface area (Å²) >= 11 is 0. The number of ether oxygens (including phenoxy) is 1. The molecular weight excluding hydrogens is 430 g/mol. The first kappa shape index (κ1) is 23.7. The van der Waals surface area contributed by atoms with Crippen molar-refractivity contribution in [1.29, 1.82) is 0 Å². The summed E-state index contributed by atoms with van der Waals surface area (Å²) < 4.78 is 38.8. The number of sulfonamides is 1. The smallest absolute Gasteiger partial charge is 0.336 e. The molecule has 1 atom stereocenters. The molecule has 8 heteroatoms. The molecule has 0 radical (unpaired) electrons. The highest BCUT2D eigenvalue weighted by atomic mass is 32.2. The van der Waals surface area contributed by atoms with Gasteiger partial charge in [-0.1, -0.05) is 38.5 Å². The molecule has 1 unspecified atom stereocenters. The summed E-state index contributed by atoms with van der Waals surface area (Å²) in [6.07, 6.45) is 0.908. The lowest BCUT2D eigenvalue weighted by Crippen LogP contribution is -2.43. The Kier molecular flexibility index (Phi) is 7.16. The summed E-state index contributed by atoms with van der Waals surface area (Å²) in [5.41, 5.74) is 1.58. The van der Waals surface area contributed by atoms with E-state index in [1.807, 2.05) is 27.7 Å². The first-order valence-electron chi connectivity index (χ1n) is 10.5. The molecule has 0 aliphatic carbocycles. The molecule has 170 valence electrons. The Morgan fingerprint density at radius 2 is 1.78 bits per heavy atom. The van der Waals surface area contributed by atoms with Crippen LogP contribution >= 0.6 is 0 Å². The number of hydrogen-bond donors (Lipinski definition) is 1. The monoisotopic (exact) mass is 457 g/mol. The highest BCUT2D eigenvalue weighted by Gasteiger charge is 2.28. The van der Waals surface area contributed by atoms with E-state index in [4.69, 9.17) is 9.15 Å². The van der Waals surface area contributed by atoms with E-state index in [-0.39, 0.29) is 23.0 Å². The van der Waals surface area contributed by atoms with E-state index < -0.39 is 27.7 Å². The maximum atomic E-state index is 12.9. The number of esters is 1. The Morgan fingerprint density at radius 3 is 2.41 bits per heavy atom. The van der Waals surface area contributed by atoms with Gasteiger partial charge in [-0.05, 0) is 55.5 Å². The van der Waals surface area contributed by atoms with Gasteiger partial charge in [0.05, 0.1) is 4.90 Å². The Bertz CT molecular complexity index is 1280. The average molecular weight is 458 g/mol. The van der Waals surface area contributed by atoms with Crippen molar-refractivity contribution in [3.05, 3.63) is 70.1 Å². The van der Waals surface area contributed by atoms with Gasteiger partial charge in [0, 0.05) is 17.5 Å². The van der Waals surface area contributed by atoms with Gasteiger partial charge in [-0.2, -0.15) is 4.72 Å². The predicted molar refractivity (Wildman–Crippen MR) is 122 cm³/mol. The number of nitrogens with one attached hydrogen (secondary N) is 1. The van der Waals surface area contributed by atoms with Crippen molar-refractivity contribution in [2.75, 3.05) is 0 Å². The molecule has 1 N–H and O–H groups in total. The van der Waals surface area contributed by atoms with Crippen LogP contribution in [0.3, 0.4) is 0 Å². The lowest BCUT2D eigenvalue weighted by atomic mass is 10.0. The van der Waals surface area contributed by atoms with E-state index in [0.717, 1.165) is 16.5 Å². The van der Waals surface area contributed by atoms with Crippen molar-refractivity contribution >= 4 is 27.0 Å². The van der Waals surface area contributed by atoms with Crippen LogP contribution in [-0.2, 0) is 21.2 Å². The van der Waals surface area contributed by atoms with E-state index in [0.29, 0.717) is 12.0 Å². The van der Waals surface area contributed by atoms with Crippen LogP contribution in [0, 0.1) is 12.8 Å². The fraction of sp³-hybridized carbons (Fsp3) is 0.333. The maximum Gasteiger partial charge on any atom is 0.336 e. The highest BCUT2D eigenvalue weighted by Crippen LogP contribution is 2.24. The number of fused-ring (bicyclic) bond motifs is 1. The Labute approximate surface area is 187 Å². The number of benzene rings is 2. The van der Waals surface area contributed by atoms with Crippen LogP contribution in [-0.4, -0.2) is 20.4 Å². The summed E-state index contributed by atoms with van der Waals surface area (Å²) in [4.78, 5) is 24.8. The van der Waals surface area contributed by atoms with Gasteiger partial charge in [0.25, 0.3) is 0 Å². The lowest BCUT2D eigenvalue weighted by molar-refractivity contribution is -0.136. The van der Waals surface area contributed by atoms with Gasteiger partial charge >= 0.3 is 11.6 Å². The molecule has 1 heterocycles. The molecule has 3 aromatic rings. The molecule has 0 fully saturated rings. The third-order valence-corrected chi connectivity index (χ3v) is 6.51. The van der Waals surface area contributed by atoms with Crippen molar-refractivity contribution in [2.45, 2.75) is 51.5 Å². The minimum absolute atomic E-state index is 0.0370. The van der Waals surface area contributed by atoms with Crippen LogP contribution in [0.4, 0.5) is 0 Å². The Hall–Kier alpha value is -2.97. The molecule has 0 spiro atoms. The molecule has 2 aromatic carbocycles. The molecular formula is C24H27NO6S. The maximum absolute atomic E-state index is 12.9. The first-order chi connectivity index (χ1) is 15.1. The van der Waals surface area contributed by atoms with Gasteiger partial charge in [-0.3, -0.25) is 0 Å². The van der Waals surface area contributed by atoms with Crippen molar-refractivity contribution in [1.82, 2.24) is 4.72 Å². The largest absolute Gasteiger partial charge is 0.425 e. The zero-order valence-corrected chi connectivity index (χ0v) is 19.4. The van der Waals surface area contributed by atoms with Gasteiger partial charge < -0.3 is 9.15 Å². The quantitative estimate of drug-likeness (QED) is 0.312. The van der Waals surface area contributed by atoms with Gasteiger partial charge in [0.2, 0.25) is 10.0 Å². The van der Waals surface area contributed by atoms with Crippen molar-refractivity contribution in [2.24, 2.45) is 5.92 Å². The summed E-state index contributed by atoms with van der Waals surface area (Å²) in [6, 6.07) is 11.5. The summed E-state index contributed by atoms with van der Waals surface area (Å²) in [7, 11) is -3.92. The first-order valence-corrected chi connectivity index (χ1v) is 11.9. The second-order valence-corrected chi connectivity index (χ2v) is 9.85. The molecule has 0 bridgehead atoms. The minimum atomic E-state index is -3.92. The summed E-state index contributed by atoms with van der Waals surface area (Å²) in [5, 5.41) is 0.755. The molecule has 7 nitrogen and oxygen atoms in total. The number of carbonyl (C=O) groups is 1. The molecule has 0 aliphatic rings. The lowest BCUT2D eigenvalue weighted by Gasteiger charge is -2.19. The average Bonchev–Trinajstić information content (AvgIpc) is 2.72. The second-order valence-electron chi connectivity index (χ2n) is 8.14. The van der Waals surface area contributed by atoms with E-state index >= 15 is 0 Å². The van der Waals surface area contributed by atoms with Gasteiger partial charge in [-0.25, -0.2) is 18.0 Å². The van der Waals surface area contributed by atoms with E-state index in [1.165, 1.54) is 24.3 Å². The van der Waals surface area contributed by atoms with E-state index in [9.17, 15) is 18.0 Å². The fourth-order valence-electron chi connectivity index (χ4n) is 3.39. The van der Waals surface area contributed by atoms with Gasteiger partial charge in [0.15, 0.2) is 0 Å². The SMILES string of the molecule is CCc1cc(=O)oc2cc(OC(=O)C(CC(C)C)NS(=O)(=O)c3ccc(C)cc3)ccc12. The van der Waals surface area contributed by atoms with Crippen LogP contribution < -0.4 is 15.1 Å². The van der Waals surface area contributed by atoms with Gasteiger partial charge in [0.1, 0.15) is 17.4 Å². The Balaban J connectivity index is 1.86. The normalized spacial score (nSPS) is 12.8. The number of hydrogen-bond acceptors (Lipinski definition) is 6. The summed E-state index contributed by atoms with van der Waals surface area (Å²) in [6.45, 7) is 7.56. The standard InChI is InChI=1S/C24H27NO6S/c1-5-17-13-23(26)31-22-14-18(8-11-20(17)22)30-24(27)21(12-15(2)3)25-32(28,29)19-9-6-16(4)7-10-19/h6-11,13-15,21,25H,5,12H2,1-4H3. The predicted octanol–water partition coefficient (Wildman–Crippen LogP) is 3.96. The third kappa shape index (κ3) is 5.63. The molecule has 0 saturated heterocycles. The number of carbonyl (C=O) groups excluding carboxylic acids is 1. The molecule has 0 saturated carbocycles. The Morgan fingerprint density at radius 1 is 1.09 bits per heavy atom. The van der Waals surface area contributed by atoms with Crippen LogP contribution in [0.25, 0.3) is 11.0 Å². The third-order valence-electron chi connectivity index (χ3n) is 5.02. The highest BCUT2D eigenvalue weighted by molar-refractivity contribution is 7.89. The molecule has 3 rings (SSSR count). The minimum Gasteiger partial charge on any atom is -0.425 e. The topological polar surface area (TPSA) is 103 Å². The zero-order chi connectivity index (χ0) is 23.5. The van der Waals surface area contributed by atoms with Gasteiger partial charge in [-0.15, -0.1) is 0 Å². The van der Waals surface area contributed by atoms with Crippen LogP contribution in [0.1, 0.15) is 38.3 Å². The molecule has 0 amide bonds. The van der Waals surface area contributed by atoms with E-state index in [1.54, 1.807) is 24.3 Å². The van der Waals surface area contributed by atoms with Crippen molar-refractivity contribution in [3.63, 3.8) is 0 Å². The zero-order valence-electron chi connectivity index (χ0n) is 18.5. The van der Waals surface area contributed by atoms with Crippen LogP contribution in [0.15, 0.2) is 62.6 Å². The van der Waals surface area contributed by atoms with E-state index in [2.05, 4.69) is 4.72 Å². The van der Waals surface area contributed by atoms with Crippen LogP contribution in [0.5, 0.6) is 5.75 Å². The molecule has 0 aliphatic heterocycles. The fourth-order valence-corrected chi connectivity index (χ4v) is 4.59. The summed E-state index contributed by atoms with van der Waals surface area (Å²) in [5.74, 6) is -0.528. The van der Waals surface area contributed by atoms with Crippen LogP contribution in [0.2, 0.25) is 0 Å². The van der Waals surface area contributed by atoms with Crippen molar-refractivity contribution < 1.29 is 22.4 Å². The number of rotatable bonds is 8. The molecule has 32 heavy (non-hydrogen) atoms.